The number of nitrogens with zero attached hydrogens (tertiary/aromatic N) is 1. The number of alkyl halides is 3. The number of halogens is 3. The van der Waals surface area contributed by atoms with Crippen molar-refractivity contribution in [2.75, 3.05) is 5.32 Å². The van der Waals surface area contributed by atoms with E-state index in [2.05, 4.69) is 5.32 Å². The molecule has 2 aromatic rings. The minimum absolute atomic E-state index is 0.0241. The highest BCUT2D eigenvalue weighted by Crippen LogP contribution is 2.30. The smallest absolute Gasteiger partial charge is 0.416 e. The van der Waals surface area contributed by atoms with Crippen molar-refractivity contribution < 1.29 is 22.7 Å². The van der Waals surface area contributed by atoms with Crippen LogP contribution in [0.2, 0.25) is 0 Å². The van der Waals surface area contributed by atoms with Crippen LogP contribution in [0.4, 0.5) is 18.9 Å². The van der Waals surface area contributed by atoms with E-state index in [9.17, 15) is 18.0 Å². The van der Waals surface area contributed by atoms with Gasteiger partial charge in [-0.15, -0.1) is 0 Å². The lowest BCUT2D eigenvalue weighted by Gasteiger charge is -2.15. The lowest BCUT2D eigenvalue weighted by molar-refractivity contribution is -0.137. The van der Waals surface area contributed by atoms with Gasteiger partial charge in [0.05, 0.1) is 17.2 Å². The Morgan fingerprint density at radius 3 is 2.58 bits per heavy atom. The van der Waals surface area contributed by atoms with Gasteiger partial charge in [0.2, 0.25) is 0 Å². The third-order valence-electron chi connectivity index (χ3n) is 3.10. The van der Waals surface area contributed by atoms with Crippen molar-refractivity contribution in [1.82, 2.24) is 0 Å². The molecule has 4 nitrogen and oxygen atoms in total. The summed E-state index contributed by atoms with van der Waals surface area (Å²) in [6.45, 7) is 1.46. The van der Waals surface area contributed by atoms with E-state index < -0.39 is 23.8 Å². The summed E-state index contributed by atoms with van der Waals surface area (Å²) in [6.07, 6.45) is -5.44. The fourth-order valence-corrected chi connectivity index (χ4v) is 1.91. The molecular weight excluding hydrogens is 321 g/mol. The highest BCUT2D eigenvalue weighted by molar-refractivity contribution is 5.94. The van der Waals surface area contributed by atoms with Gasteiger partial charge in [-0.05, 0) is 43.3 Å². The number of nitrogens with one attached hydrogen (secondary N) is 1. The predicted octanol–water partition coefficient (Wildman–Crippen LogP) is 3.98. The standard InChI is InChI=1S/C17H13F3N2O2/c1-11(24-15-7-2-4-12(8-15)10-21)16(23)22-14-6-3-5-13(9-14)17(18,19)20/h2-9,11H,1H3,(H,22,23)/t11-/m1/s1. The van der Waals surface area contributed by atoms with Crippen LogP contribution in [0.25, 0.3) is 0 Å². The molecule has 0 fully saturated rings. The van der Waals surface area contributed by atoms with E-state index >= 15 is 0 Å². The van der Waals surface area contributed by atoms with Crippen LogP contribution >= 0.6 is 0 Å². The van der Waals surface area contributed by atoms with Crippen LogP contribution < -0.4 is 10.1 Å². The maximum Gasteiger partial charge on any atom is 0.416 e. The number of carbonyl (C=O) groups is 1. The summed E-state index contributed by atoms with van der Waals surface area (Å²) >= 11 is 0. The second-order valence-corrected chi connectivity index (χ2v) is 4.97. The van der Waals surface area contributed by atoms with E-state index in [1.54, 1.807) is 18.2 Å². The van der Waals surface area contributed by atoms with Gasteiger partial charge in [-0.1, -0.05) is 12.1 Å². The van der Waals surface area contributed by atoms with E-state index in [0.29, 0.717) is 11.3 Å². The number of rotatable bonds is 4. The van der Waals surface area contributed by atoms with Gasteiger partial charge in [-0.3, -0.25) is 4.79 Å². The van der Waals surface area contributed by atoms with E-state index in [1.165, 1.54) is 25.1 Å². The molecule has 0 aliphatic carbocycles. The maximum atomic E-state index is 12.7. The average Bonchev–Trinajstić information content (AvgIpc) is 2.54. The van der Waals surface area contributed by atoms with Gasteiger partial charge >= 0.3 is 6.18 Å². The molecule has 0 aliphatic rings. The zero-order valence-electron chi connectivity index (χ0n) is 12.6. The van der Waals surface area contributed by atoms with Crippen molar-refractivity contribution in [2.24, 2.45) is 0 Å². The highest BCUT2D eigenvalue weighted by atomic mass is 19.4. The van der Waals surface area contributed by atoms with Crippen LogP contribution in [-0.2, 0) is 11.0 Å². The van der Waals surface area contributed by atoms with Gasteiger partial charge in [-0.2, -0.15) is 18.4 Å². The number of amides is 1. The molecular formula is C17H13F3N2O2. The van der Waals surface area contributed by atoms with Crippen LogP contribution in [0.15, 0.2) is 48.5 Å². The van der Waals surface area contributed by atoms with Crippen molar-refractivity contribution in [1.29, 1.82) is 5.26 Å². The lowest BCUT2D eigenvalue weighted by Crippen LogP contribution is -2.30. The summed E-state index contributed by atoms with van der Waals surface area (Å²) in [5.41, 5.74) is -0.454. The molecule has 0 saturated carbocycles. The zero-order chi connectivity index (χ0) is 17.7. The molecule has 0 heterocycles. The zero-order valence-corrected chi connectivity index (χ0v) is 12.6. The summed E-state index contributed by atoms with van der Waals surface area (Å²) in [7, 11) is 0. The number of hydrogen-bond donors (Lipinski definition) is 1. The molecule has 2 aromatic carbocycles. The SMILES string of the molecule is C[C@@H](Oc1cccc(C#N)c1)C(=O)Nc1cccc(C(F)(F)F)c1. The summed E-state index contributed by atoms with van der Waals surface area (Å²) in [5.74, 6) is -0.280. The Kier molecular flexibility index (Phi) is 5.09. The molecule has 0 unspecified atom stereocenters. The van der Waals surface area contributed by atoms with Crippen molar-refractivity contribution in [3.63, 3.8) is 0 Å². The highest BCUT2D eigenvalue weighted by Gasteiger charge is 2.30. The van der Waals surface area contributed by atoms with Crippen molar-refractivity contribution in [2.45, 2.75) is 19.2 Å². The molecule has 1 atom stereocenters. The Bertz CT molecular complexity index is 782. The first-order chi connectivity index (χ1) is 11.3. The van der Waals surface area contributed by atoms with Gasteiger partial charge in [0.25, 0.3) is 5.91 Å². The van der Waals surface area contributed by atoms with Crippen LogP contribution in [0.1, 0.15) is 18.1 Å². The fraction of sp³-hybridized carbons (Fsp3) is 0.176. The van der Waals surface area contributed by atoms with Crippen molar-refractivity contribution in [3.05, 3.63) is 59.7 Å². The largest absolute Gasteiger partial charge is 0.481 e. The fourth-order valence-electron chi connectivity index (χ4n) is 1.91. The molecule has 0 bridgehead atoms. The van der Waals surface area contributed by atoms with Crippen LogP contribution in [0.3, 0.4) is 0 Å². The van der Waals surface area contributed by atoms with Crippen LogP contribution in [0, 0.1) is 11.3 Å². The number of hydrogen-bond acceptors (Lipinski definition) is 3. The summed E-state index contributed by atoms with van der Waals surface area (Å²) in [5, 5.41) is 11.2. The van der Waals surface area contributed by atoms with Crippen LogP contribution in [0.5, 0.6) is 5.75 Å². The first-order valence-electron chi connectivity index (χ1n) is 6.94. The van der Waals surface area contributed by atoms with Gasteiger partial charge in [0.1, 0.15) is 5.75 Å². The summed E-state index contributed by atoms with van der Waals surface area (Å²) in [6, 6.07) is 12.5. The van der Waals surface area contributed by atoms with Crippen molar-refractivity contribution >= 4 is 11.6 Å². The molecule has 0 radical (unpaired) electrons. The first kappa shape index (κ1) is 17.3. The molecule has 1 amide bonds. The quantitative estimate of drug-likeness (QED) is 0.920. The molecule has 24 heavy (non-hydrogen) atoms. The monoisotopic (exact) mass is 334 g/mol. The van der Waals surface area contributed by atoms with Gasteiger partial charge in [0, 0.05) is 5.69 Å². The number of nitriles is 1. The Morgan fingerprint density at radius 2 is 1.92 bits per heavy atom. The predicted molar refractivity (Wildman–Crippen MR) is 81.3 cm³/mol. The molecule has 0 aliphatic heterocycles. The average molecular weight is 334 g/mol. The minimum atomic E-state index is -4.49. The summed E-state index contributed by atoms with van der Waals surface area (Å²) in [4.78, 5) is 12.0. The summed E-state index contributed by atoms with van der Waals surface area (Å²) < 4.78 is 43.4. The molecule has 1 N–H and O–H groups in total. The first-order valence-corrected chi connectivity index (χ1v) is 6.94. The Balaban J connectivity index is 2.05. The Morgan fingerprint density at radius 1 is 1.21 bits per heavy atom. The van der Waals surface area contributed by atoms with E-state index in [-0.39, 0.29) is 5.69 Å². The Labute approximate surface area is 136 Å². The lowest BCUT2D eigenvalue weighted by atomic mass is 10.2. The molecule has 0 spiro atoms. The van der Waals surface area contributed by atoms with Gasteiger partial charge < -0.3 is 10.1 Å². The second-order valence-electron chi connectivity index (χ2n) is 4.97. The van der Waals surface area contributed by atoms with Crippen LogP contribution in [-0.4, -0.2) is 12.0 Å². The van der Waals surface area contributed by atoms with Crippen molar-refractivity contribution in [3.8, 4) is 11.8 Å². The second kappa shape index (κ2) is 7.04. The van der Waals surface area contributed by atoms with E-state index in [0.717, 1.165) is 12.1 Å². The maximum absolute atomic E-state index is 12.7. The van der Waals surface area contributed by atoms with Gasteiger partial charge in [0.15, 0.2) is 6.10 Å². The topological polar surface area (TPSA) is 62.1 Å². The number of anilines is 1. The van der Waals surface area contributed by atoms with Gasteiger partial charge in [-0.25, -0.2) is 0 Å². The molecule has 7 heteroatoms. The molecule has 0 saturated heterocycles. The number of carbonyl (C=O) groups excluding carboxylic acids is 1. The third-order valence-corrected chi connectivity index (χ3v) is 3.10. The molecule has 124 valence electrons. The minimum Gasteiger partial charge on any atom is -0.481 e. The van der Waals surface area contributed by atoms with E-state index in [1.807, 2.05) is 6.07 Å². The van der Waals surface area contributed by atoms with E-state index in [4.69, 9.17) is 10.00 Å². The normalized spacial score (nSPS) is 12.1. The third kappa shape index (κ3) is 4.49. The molecule has 0 aromatic heterocycles. The Hall–Kier alpha value is -3.01. The number of ether oxygens (including phenoxy) is 1. The molecule has 2 rings (SSSR count). The number of benzene rings is 2.